The molecule has 21 heavy (non-hydrogen) atoms. The van der Waals surface area contributed by atoms with E-state index in [2.05, 4.69) is 43.0 Å². The van der Waals surface area contributed by atoms with Crippen LogP contribution in [-0.4, -0.2) is 31.6 Å². The van der Waals surface area contributed by atoms with Gasteiger partial charge in [-0.05, 0) is 42.3 Å². The van der Waals surface area contributed by atoms with Crippen LogP contribution in [-0.2, 0) is 11.3 Å². The fraction of sp³-hybridized carbons (Fsp3) is 0.667. The van der Waals surface area contributed by atoms with E-state index in [0.717, 1.165) is 6.54 Å². The second-order valence-corrected chi connectivity index (χ2v) is 6.31. The summed E-state index contributed by atoms with van der Waals surface area (Å²) in [5.41, 5.74) is 9.23. The molecule has 2 N–H and O–H groups in total. The molecule has 1 saturated heterocycles. The molecular formula is C18H30N2O. The van der Waals surface area contributed by atoms with E-state index in [4.69, 9.17) is 10.5 Å². The van der Waals surface area contributed by atoms with Crippen molar-refractivity contribution in [2.75, 3.05) is 26.7 Å². The summed E-state index contributed by atoms with van der Waals surface area (Å²) in [5, 5.41) is 0. The molecule has 1 aromatic rings. The van der Waals surface area contributed by atoms with E-state index >= 15 is 0 Å². The second kappa shape index (κ2) is 7.39. The summed E-state index contributed by atoms with van der Waals surface area (Å²) in [6.45, 7) is 8.30. The van der Waals surface area contributed by atoms with Gasteiger partial charge in [0.05, 0.1) is 6.61 Å². The molecule has 0 amide bonds. The van der Waals surface area contributed by atoms with Gasteiger partial charge in [0.15, 0.2) is 0 Å². The smallest absolute Gasteiger partial charge is 0.0716 e. The summed E-state index contributed by atoms with van der Waals surface area (Å²) in [4.78, 5) is 2.58. The van der Waals surface area contributed by atoms with Crippen LogP contribution in [0, 0.1) is 5.41 Å². The number of rotatable bonds is 7. The molecule has 1 heterocycles. The average molecular weight is 290 g/mol. The van der Waals surface area contributed by atoms with E-state index in [1.165, 1.54) is 36.9 Å². The van der Waals surface area contributed by atoms with Gasteiger partial charge in [0.1, 0.15) is 0 Å². The predicted octanol–water partition coefficient (Wildman–Crippen LogP) is 3.34. The topological polar surface area (TPSA) is 38.5 Å². The summed E-state index contributed by atoms with van der Waals surface area (Å²) >= 11 is 0. The van der Waals surface area contributed by atoms with Crippen molar-refractivity contribution in [1.82, 2.24) is 4.90 Å². The summed E-state index contributed by atoms with van der Waals surface area (Å²) in [5.74, 6) is 0. The van der Waals surface area contributed by atoms with Gasteiger partial charge < -0.3 is 10.5 Å². The summed E-state index contributed by atoms with van der Waals surface area (Å²) < 4.78 is 5.35. The van der Waals surface area contributed by atoms with E-state index in [1.807, 2.05) is 0 Å². The molecule has 1 aliphatic heterocycles. The molecule has 0 radical (unpaired) electrons. The van der Waals surface area contributed by atoms with E-state index in [-0.39, 0.29) is 0 Å². The Bertz CT molecular complexity index is 443. The Kier molecular flexibility index (Phi) is 5.80. The number of hydrogen-bond acceptors (Lipinski definition) is 3. The predicted molar refractivity (Wildman–Crippen MR) is 88.2 cm³/mol. The van der Waals surface area contributed by atoms with Gasteiger partial charge >= 0.3 is 0 Å². The number of ether oxygens (including phenoxy) is 1. The maximum absolute atomic E-state index is 6.14. The van der Waals surface area contributed by atoms with Crippen LogP contribution in [0.15, 0.2) is 24.3 Å². The molecule has 0 bridgehead atoms. The Morgan fingerprint density at radius 1 is 1.29 bits per heavy atom. The second-order valence-electron chi connectivity index (χ2n) is 6.31. The van der Waals surface area contributed by atoms with Gasteiger partial charge in [-0.2, -0.15) is 0 Å². The van der Waals surface area contributed by atoms with Gasteiger partial charge in [-0.15, -0.1) is 0 Å². The number of benzene rings is 1. The summed E-state index contributed by atoms with van der Waals surface area (Å²) in [6, 6.07) is 8.88. The first kappa shape index (κ1) is 16.5. The van der Waals surface area contributed by atoms with Gasteiger partial charge in [-0.1, -0.05) is 38.1 Å². The molecule has 118 valence electrons. The Morgan fingerprint density at radius 3 is 2.57 bits per heavy atom. The van der Waals surface area contributed by atoms with Crippen molar-refractivity contribution >= 4 is 0 Å². The van der Waals surface area contributed by atoms with E-state index < -0.39 is 0 Å². The Balaban J connectivity index is 2.21. The molecule has 1 aromatic carbocycles. The molecule has 1 fully saturated rings. The molecule has 0 spiro atoms. The number of methoxy groups -OCH3 is 1. The maximum atomic E-state index is 6.14. The van der Waals surface area contributed by atoms with Crippen molar-refractivity contribution < 1.29 is 4.74 Å². The number of hydrogen-bond donors (Lipinski definition) is 1. The molecule has 1 atom stereocenters. The van der Waals surface area contributed by atoms with Crippen LogP contribution < -0.4 is 5.73 Å². The quantitative estimate of drug-likeness (QED) is 0.837. The number of likely N-dealkylation sites (tertiary alicyclic amines) is 1. The highest BCUT2D eigenvalue weighted by molar-refractivity contribution is 5.30. The fourth-order valence-corrected chi connectivity index (χ4v) is 3.68. The molecule has 3 nitrogen and oxygen atoms in total. The van der Waals surface area contributed by atoms with Crippen LogP contribution in [0.5, 0.6) is 0 Å². The Labute approximate surface area is 129 Å². The minimum absolute atomic E-state index is 0.316. The number of nitrogens with zero attached hydrogens (tertiary/aromatic N) is 1. The van der Waals surface area contributed by atoms with Crippen molar-refractivity contribution in [2.24, 2.45) is 11.1 Å². The molecular weight excluding hydrogens is 260 g/mol. The lowest BCUT2D eigenvalue weighted by Gasteiger charge is -2.32. The van der Waals surface area contributed by atoms with Gasteiger partial charge in [0.2, 0.25) is 0 Å². The molecule has 3 heteroatoms. The van der Waals surface area contributed by atoms with Crippen molar-refractivity contribution in [3.8, 4) is 0 Å². The minimum atomic E-state index is 0.316. The fourth-order valence-electron chi connectivity index (χ4n) is 3.68. The summed E-state index contributed by atoms with van der Waals surface area (Å²) in [6.07, 6.45) is 3.82. The van der Waals surface area contributed by atoms with Crippen LogP contribution in [0.25, 0.3) is 0 Å². The van der Waals surface area contributed by atoms with Crippen LogP contribution >= 0.6 is 0 Å². The van der Waals surface area contributed by atoms with Crippen molar-refractivity contribution in [1.29, 1.82) is 0 Å². The van der Waals surface area contributed by atoms with Gasteiger partial charge in [-0.3, -0.25) is 4.90 Å². The van der Waals surface area contributed by atoms with Gasteiger partial charge in [-0.25, -0.2) is 0 Å². The lowest BCUT2D eigenvalue weighted by Crippen LogP contribution is -2.34. The van der Waals surface area contributed by atoms with E-state index in [0.29, 0.717) is 24.6 Å². The van der Waals surface area contributed by atoms with Crippen LogP contribution in [0.2, 0.25) is 0 Å². The third kappa shape index (κ3) is 3.47. The highest BCUT2D eigenvalue weighted by Crippen LogP contribution is 2.40. The standard InChI is InChI=1S/C18H30N2O/c1-4-18(5-2)10-11-20(14-18)17(12-19)16-9-7-6-8-15(16)13-21-3/h6-9,17H,4-5,10-14,19H2,1-3H3. The molecule has 1 unspecified atom stereocenters. The zero-order chi connectivity index (χ0) is 15.3. The van der Waals surface area contributed by atoms with Crippen LogP contribution in [0.4, 0.5) is 0 Å². The molecule has 1 aliphatic rings. The molecule has 0 aliphatic carbocycles. The first-order valence-electron chi connectivity index (χ1n) is 8.20. The highest BCUT2D eigenvalue weighted by atomic mass is 16.5. The summed E-state index contributed by atoms with van der Waals surface area (Å²) in [7, 11) is 1.75. The first-order valence-corrected chi connectivity index (χ1v) is 8.20. The monoisotopic (exact) mass is 290 g/mol. The number of nitrogens with two attached hydrogens (primary N) is 1. The average Bonchev–Trinajstić information content (AvgIpc) is 2.95. The largest absolute Gasteiger partial charge is 0.380 e. The molecule has 0 saturated carbocycles. The highest BCUT2D eigenvalue weighted by Gasteiger charge is 2.38. The zero-order valence-electron chi connectivity index (χ0n) is 13.8. The normalized spacial score (nSPS) is 19.8. The van der Waals surface area contributed by atoms with Gasteiger partial charge in [0, 0.05) is 26.2 Å². The molecule has 2 rings (SSSR count). The lowest BCUT2D eigenvalue weighted by molar-refractivity contribution is 0.175. The van der Waals surface area contributed by atoms with Crippen molar-refractivity contribution in [2.45, 2.75) is 45.8 Å². The van der Waals surface area contributed by atoms with Crippen LogP contribution in [0.1, 0.15) is 50.3 Å². The third-order valence-corrected chi connectivity index (χ3v) is 5.35. The Morgan fingerprint density at radius 2 is 2.00 bits per heavy atom. The van der Waals surface area contributed by atoms with E-state index in [1.54, 1.807) is 7.11 Å². The van der Waals surface area contributed by atoms with Crippen molar-refractivity contribution in [3.63, 3.8) is 0 Å². The minimum Gasteiger partial charge on any atom is -0.380 e. The first-order chi connectivity index (χ1) is 10.2. The molecule has 0 aromatic heterocycles. The van der Waals surface area contributed by atoms with Crippen LogP contribution in [0.3, 0.4) is 0 Å². The van der Waals surface area contributed by atoms with E-state index in [9.17, 15) is 0 Å². The maximum Gasteiger partial charge on any atom is 0.0716 e. The third-order valence-electron chi connectivity index (χ3n) is 5.35. The lowest BCUT2D eigenvalue weighted by atomic mass is 9.82. The van der Waals surface area contributed by atoms with Gasteiger partial charge in [0.25, 0.3) is 0 Å². The Hall–Kier alpha value is -0.900. The SMILES string of the molecule is CCC1(CC)CCN(C(CN)c2ccccc2COC)C1. The van der Waals surface area contributed by atoms with Crippen molar-refractivity contribution in [3.05, 3.63) is 35.4 Å². The zero-order valence-corrected chi connectivity index (χ0v) is 13.8.